The van der Waals surface area contributed by atoms with Gasteiger partial charge in [-0.05, 0) is 62.9 Å². The van der Waals surface area contributed by atoms with Crippen molar-refractivity contribution in [1.29, 1.82) is 0 Å². The van der Waals surface area contributed by atoms with E-state index in [1.54, 1.807) is 4.31 Å². The highest BCUT2D eigenvalue weighted by Gasteiger charge is 2.31. The Balaban J connectivity index is 2.10. The van der Waals surface area contributed by atoms with Crippen molar-refractivity contribution >= 4 is 19.9 Å². The van der Waals surface area contributed by atoms with Crippen molar-refractivity contribution in [2.75, 3.05) is 44.7 Å². The maximum Gasteiger partial charge on any atom is 0.243 e. The largest absolute Gasteiger partial charge is 0.301 e. The lowest BCUT2D eigenvalue weighted by atomic mass is 10.0. The number of hydrogen-bond donors (Lipinski definition) is 0. The van der Waals surface area contributed by atoms with Crippen LogP contribution in [0.1, 0.15) is 28.7 Å². The first-order valence-electron chi connectivity index (χ1n) is 8.91. The molecule has 0 radical (unpaired) electrons. The summed E-state index contributed by atoms with van der Waals surface area (Å²) >= 11 is 0. The monoisotopic (exact) mass is 402 g/mol. The van der Waals surface area contributed by atoms with E-state index in [2.05, 4.69) is 4.90 Å². The topological polar surface area (TPSA) is 74.8 Å². The van der Waals surface area contributed by atoms with Crippen LogP contribution in [0.2, 0.25) is 0 Å². The van der Waals surface area contributed by atoms with E-state index in [0.717, 1.165) is 22.3 Å². The Morgan fingerprint density at radius 3 is 1.85 bits per heavy atom. The van der Waals surface area contributed by atoms with Gasteiger partial charge in [0.05, 0.1) is 10.6 Å². The standard InChI is InChI=1S/C18H30N2O4S2/c1-14-13-15(2)17(4)18(16(14)3)26(23,24)20-10-8-19(9-11-20)7-6-12-25(5,21)22/h13H,6-12H2,1-5H3. The normalized spacial score (nSPS) is 17.6. The van der Waals surface area contributed by atoms with Gasteiger partial charge >= 0.3 is 0 Å². The second-order valence-corrected chi connectivity index (χ2v) is 11.5. The van der Waals surface area contributed by atoms with Crippen LogP contribution in [0, 0.1) is 27.7 Å². The zero-order valence-corrected chi connectivity index (χ0v) is 18.0. The van der Waals surface area contributed by atoms with E-state index < -0.39 is 19.9 Å². The summed E-state index contributed by atoms with van der Waals surface area (Å²) in [6, 6.07) is 2.03. The number of nitrogens with zero attached hydrogens (tertiary/aromatic N) is 2. The van der Waals surface area contributed by atoms with Crippen LogP contribution in [0.4, 0.5) is 0 Å². The molecule has 1 saturated heterocycles. The van der Waals surface area contributed by atoms with Crippen LogP contribution in [-0.2, 0) is 19.9 Å². The van der Waals surface area contributed by atoms with Crippen LogP contribution in [0.25, 0.3) is 0 Å². The summed E-state index contributed by atoms with van der Waals surface area (Å²) in [7, 11) is -6.47. The van der Waals surface area contributed by atoms with Crippen LogP contribution >= 0.6 is 0 Å². The third-order valence-electron chi connectivity index (χ3n) is 5.22. The first-order chi connectivity index (χ1) is 11.9. The highest BCUT2D eigenvalue weighted by Crippen LogP contribution is 2.29. The van der Waals surface area contributed by atoms with E-state index in [9.17, 15) is 16.8 Å². The molecule has 0 saturated carbocycles. The highest BCUT2D eigenvalue weighted by atomic mass is 32.2. The molecule has 6 nitrogen and oxygen atoms in total. The van der Waals surface area contributed by atoms with Crippen molar-refractivity contribution in [3.05, 3.63) is 28.3 Å². The average Bonchev–Trinajstić information content (AvgIpc) is 2.52. The van der Waals surface area contributed by atoms with Gasteiger partial charge in [-0.15, -0.1) is 0 Å². The molecule has 0 aliphatic carbocycles. The maximum atomic E-state index is 13.2. The first kappa shape index (κ1) is 21.3. The van der Waals surface area contributed by atoms with Crippen molar-refractivity contribution in [3.63, 3.8) is 0 Å². The molecular weight excluding hydrogens is 372 g/mol. The molecule has 1 aromatic rings. The van der Waals surface area contributed by atoms with Crippen LogP contribution in [0.3, 0.4) is 0 Å². The molecule has 148 valence electrons. The fourth-order valence-corrected chi connectivity index (χ4v) is 6.09. The Morgan fingerprint density at radius 1 is 0.885 bits per heavy atom. The van der Waals surface area contributed by atoms with Gasteiger partial charge in [0, 0.05) is 32.4 Å². The molecule has 1 fully saturated rings. The van der Waals surface area contributed by atoms with Gasteiger partial charge in [-0.2, -0.15) is 4.31 Å². The molecule has 0 unspecified atom stereocenters. The van der Waals surface area contributed by atoms with E-state index in [0.29, 0.717) is 44.0 Å². The predicted molar refractivity (Wildman–Crippen MR) is 105 cm³/mol. The molecule has 0 aromatic heterocycles. The van der Waals surface area contributed by atoms with Crippen LogP contribution in [-0.4, -0.2) is 70.8 Å². The molecule has 1 heterocycles. The average molecular weight is 403 g/mol. The molecule has 0 atom stereocenters. The first-order valence-corrected chi connectivity index (χ1v) is 12.4. The predicted octanol–water partition coefficient (Wildman–Crippen LogP) is 1.66. The lowest BCUT2D eigenvalue weighted by Gasteiger charge is -2.34. The number of sulfonamides is 1. The summed E-state index contributed by atoms with van der Waals surface area (Å²) in [6.07, 6.45) is 1.83. The lowest BCUT2D eigenvalue weighted by molar-refractivity contribution is 0.189. The summed E-state index contributed by atoms with van der Waals surface area (Å²) < 4.78 is 50.4. The van der Waals surface area contributed by atoms with E-state index in [1.807, 2.05) is 33.8 Å². The van der Waals surface area contributed by atoms with Crippen LogP contribution < -0.4 is 0 Å². The van der Waals surface area contributed by atoms with Gasteiger partial charge in [-0.1, -0.05) is 6.07 Å². The van der Waals surface area contributed by atoms with E-state index in [4.69, 9.17) is 0 Å². The van der Waals surface area contributed by atoms with Gasteiger partial charge in [-0.25, -0.2) is 16.8 Å². The van der Waals surface area contributed by atoms with Gasteiger partial charge in [0.2, 0.25) is 10.0 Å². The van der Waals surface area contributed by atoms with Crippen molar-refractivity contribution in [2.24, 2.45) is 0 Å². The molecule has 2 rings (SSSR count). The van der Waals surface area contributed by atoms with Gasteiger partial charge in [0.25, 0.3) is 0 Å². The Kier molecular flexibility index (Phi) is 6.53. The highest BCUT2D eigenvalue weighted by molar-refractivity contribution is 7.90. The number of sulfone groups is 1. The second-order valence-electron chi connectivity index (χ2n) is 7.32. The molecule has 0 spiro atoms. The minimum atomic E-state index is -3.52. The number of hydrogen-bond acceptors (Lipinski definition) is 5. The van der Waals surface area contributed by atoms with Crippen molar-refractivity contribution in [2.45, 2.75) is 39.0 Å². The van der Waals surface area contributed by atoms with Gasteiger partial charge in [0.15, 0.2) is 0 Å². The fourth-order valence-electron chi connectivity index (χ4n) is 3.44. The summed E-state index contributed by atoms with van der Waals surface area (Å²) in [5.41, 5.74) is 3.63. The Morgan fingerprint density at radius 2 is 1.38 bits per heavy atom. The summed E-state index contributed by atoms with van der Waals surface area (Å²) in [5, 5.41) is 0. The third-order valence-corrected chi connectivity index (χ3v) is 8.42. The number of aryl methyl sites for hydroxylation is 2. The minimum absolute atomic E-state index is 0.173. The van der Waals surface area contributed by atoms with Gasteiger partial charge < -0.3 is 4.90 Å². The summed E-state index contributed by atoms with van der Waals surface area (Å²) in [4.78, 5) is 2.58. The molecule has 26 heavy (non-hydrogen) atoms. The fraction of sp³-hybridized carbons (Fsp3) is 0.667. The maximum absolute atomic E-state index is 13.2. The molecule has 0 bridgehead atoms. The van der Waals surface area contributed by atoms with Crippen molar-refractivity contribution < 1.29 is 16.8 Å². The molecule has 1 aliphatic heterocycles. The van der Waals surface area contributed by atoms with Gasteiger partial charge in [-0.3, -0.25) is 0 Å². The quantitative estimate of drug-likeness (QED) is 0.723. The Labute approximate surface area is 158 Å². The summed E-state index contributed by atoms with van der Waals surface area (Å²) in [5.74, 6) is 0.173. The number of benzene rings is 1. The van der Waals surface area contributed by atoms with Crippen molar-refractivity contribution in [3.8, 4) is 0 Å². The van der Waals surface area contributed by atoms with E-state index >= 15 is 0 Å². The third kappa shape index (κ3) is 4.85. The van der Waals surface area contributed by atoms with Crippen LogP contribution in [0.15, 0.2) is 11.0 Å². The molecular formula is C18H30N2O4S2. The molecule has 1 aromatic carbocycles. The Bertz CT molecular complexity index is 843. The number of rotatable bonds is 6. The van der Waals surface area contributed by atoms with E-state index in [1.165, 1.54) is 6.26 Å². The molecule has 8 heteroatoms. The van der Waals surface area contributed by atoms with Crippen LogP contribution in [0.5, 0.6) is 0 Å². The zero-order valence-electron chi connectivity index (χ0n) is 16.4. The minimum Gasteiger partial charge on any atom is -0.301 e. The van der Waals surface area contributed by atoms with Crippen molar-refractivity contribution in [1.82, 2.24) is 9.21 Å². The second kappa shape index (κ2) is 7.96. The number of piperazine rings is 1. The molecule has 0 N–H and O–H groups in total. The van der Waals surface area contributed by atoms with Gasteiger partial charge in [0.1, 0.15) is 9.84 Å². The van der Waals surface area contributed by atoms with E-state index in [-0.39, 0.29) is 5.75 Å². The SMILES string of the molecule is Cc1cc(C)c(C)c(S(=O)(=O)N2CCN(CCCS(C)(=O)=O)CC2)c1C. The molecule has 1 aliphatic rings. The summed E-state index contributed by atoms with van der Waals surface area (Å²) in [6.45, 7) is 10.5. The smallest absolute Gasteiger partial charge is 0.243 e. The zero-order chi connectivity index (χ0) is 19.7. The lowest BCUT2D eigenvalue weighted by Crippen LogP contribution is -2.49. The molecule has 0 amide bonds. The Hall–Kier alpha value is -0.960.